The topological polar surface area (TPSA) is 41.0 Å². The van der Waals surface area contributed by atoms with E-state index >= 15 is 0 Å². The highest BCUT2D eigenvalue weighted by atomic mass is 15.2. The molecule has 0 aliphatic carbocycles. The van der Waals surface area contributed by atoms with Crippen molar-refractivity contribution in [1.29, 1.82) is 0 Å². The Labute approximate surface area is 144 Å². The Morgan fingerprint density at radius 2 is 1.79 bits per heavy atom. The lowest BCUT2D eigenvalue weighted by molar-refractivity contribution is 0.0457. The van der Waals surface area contributed by atoms with Crippen molar-refractivity contribution in [2.75, 3.05) is 18.4 Å². The van der Waals surface area contributed by atoms with Crippen LogP contribution in [0.5, 0.6) is 0 Å². The van der Waals surface area contributed by atoms with Crippen molar-refractivity contribution in [2.45, 2.75) is 45.7 Å². The van der Waals surface area contributed by atoms with Gasteiger partial charge in [-0.05, 0) is 81.9 Å². The summed E-state index contributed by atoms with van der Waals surface area (Å²) in [4.78, 5) is 2.59. The van der Waals surface area contributed by atoms with Gasteiger partial charge in [0.2, 0.25) is 0 Å². The standard InChI is InChI=1S/C20H26N4/c1-13-4-5-17(12-14(13)2)18-6-7-19(23-22-18)21-20-15(3)24-10-8-16(20)9-11-24/h4-7,12,15-16,20H,8-11H2,1-3H3,(H,21,23). The van der Waals surface area contributed by atoms with Crippen LogP contribution in [-0.2, 0) is 0 Å². The molecule has 2 unspecified atom stereocenters. The fourth-order valence-electron chi connectivity index (χ4n) is 4.18. The Kier molecular flexibility index (Phi) is 4.01. The van der Waals surface area contributed by atoms with E-state index < -0.39 is 0 Å². The average Bonchev–Trinajstić information content (AvgIpc) is 2.61. The predicted octanol–water partition coefficient (Wildman–Crippen LogP) is 3.66. The van der Waals surface area contributed by atoms with Crippen molar-refractivity contribution in [1.82, 2.24) is 15.1 Å². The average molecular weight is 322 g/mol. The maximum absolute atomic E-state index is 4.45. The molecule has 0 amide bonds. The minimum absolute atomic E-state index is 0.495. The Morgan fingerprint density at radius 3 is 2.42 bits per heavy atom. The second-order valence-corrected chi connectivity index (χ2v) is 7.39. The monoisotopic (exact) mass is 322 g/mol. The minimum Gasteiger partial charge on any atom is -0.364 e. The number of aryl methyl sites for hydroxylation is 2. The molecule has 3 fully saturated rings. The van der Waals surface area contributed by atoms with Gasteiger partial charge in [-0.15, -0.1) is 10.2 Å². The maximum atomic E-state index is 4.45. The van der Waals surface area contributed by atoms with Crippen molar-refractivity contribution in [2.24, 2.45) is 5.92 Å². The fourth-order valence-corrected chi connectivity index (χ4v) is 4.18. The van der Waals surface area contributed by atoms with E-state index in [9.17, 15) is 0 Å². The molecule has 5 rings (SSSR count). The molecular weight excluding hydrogens is 296 g/mol. The summed E-state index contributed by atoms with van der Waals surface area (Å²) < 4.78 is 0. The van der Waals surface area contributed by atoms with Gasteiger partial charge in [0.25, 0.3) is 0 Å². The van der Waals surface area contributed by atoms with E-state index in [1.165, 1.54) is 37.1 Å². The van der Waals surface area contributed by atoms with E-state index in [-0.39, 0.29) is 0 Å². The summed E-state index contributed by atoms with van der Waals surface area (Å²) in [5, 5.41) is 12.5. The minimum atomic E-state index is 0.495. The van der Waals surface area contributed by atoms with Gasteiger partial charge in [0.05, 0.1) is 5.69 Å². The van der Waals surface area contributed by atoms with Crippen molar-refractivity contribution in [3.8, 4) is 11.3 Å². The molecule has 4 heteroatoms. The molecule has 0 radical (unpaired) electrons. The van der Waals surface area contributed by atoms with Gasteiger partial charge in [0.15, 0.2) is 0 Å². The number of rotatable bonds is 3. The van der Waals surface area contributed by atoms with Gasteiger partial charge < -0.3 is 5.32 Å². The number of anilines is 1. The lowest BCUT2D eigenvalue weighted by Gasteiger charge is -2.50. The first kappa shape index (κ1) is 15.6. The number of hydrogen-bond acceptors (Lipinski definition) is 4. The van der Waals surface area contributed by atoms with Gasteiger partial charge in [-0.3, -0.25) is 4.90 Å². The molecule has 3 aliphatic heterocycles. The Balaban J connectivity index is 1.50. The molecule has 1 aromatic heterocycles. The Morgan fingerprint density at radius 1 is 1.00 bits per heavy atom. The first-order valence-electron chi connectivity index (χ1n) is 9.04. The third-order valence-electron chi connectivity index (χ3n) is 5.96. The summed E-state index contributed by atoms with van der Waals surface area (Å²) in [7, 11) is 0. The summed E-state index contributed by atoms with van der Waals surface area (Å²) >= 11 is 0. The largest absolute Gasteiger partial charge is 0.364 e. The third-order valence-corrected chi connectivity index (χ3v) is 5.96. The van der Waals surface area contributed by atoms with Crippen LogP contribution in [0, 0.1) is 19.8 Å². The van der Waals surface area contributed by atoms with Crippen LogP contribution in [0.2, 0.25) is 0 Å². The quantitative estimate of drug-likeness (QED) is 0.936. The van der Waals surface area contributed by atoms with Gasteiger partial charge >= 0.3 is 0 Å². The number of benzene rings is 1. The van der Waals surface area contributed by atoms with Gasteiger partial charge in [-0.1, -0.05) is 12.1 Å². The normalized spacial score (nSPS) is 28.8. The van der Waals surface area contributed by atoms with E-state index in [1.54, 1.807) is 0 Å². The van der Waals surface area contributed by atoms with E-state index in [0.717, 1.165) is 23.0 Å². The summed E-state index contributed by atoms with van der Waals surface area (Å²) in [6.07, 6.45) is 2.60. The van der Waals surface area contributed by atoms with Crippen LogP contribution in [0.15, 0.2) is 30.3 Å². The maximum Gasteiger partial charge on any atom is 0.148 e. The van der Waals surface area contributed by atoms with Crippen LogP contribution in [0.25, 0.3) is 11.3 Å². The smallest absolute Gasteiger partial charge is 0.148 e. The molecule has 2 aromatic rings. The number of fused-ring (bicyclic) bond motifs is 3. The summed E-state index contributed by atoms with van der Waals surface area (Å²) in [6.45, 7) is 9.10. The summed E-state index contributed by atoms with van der Waals surface area (Å²) in [6, 6.07) is 11.7. The molecule has 4 nitrogen and oxygen atoms in total. The highest BCUT2D eigenvalue weighted by molar-refractivity contribution is 5.61. The van der Waals surface area contributed by atoms with Crippen LogP contribution >= 0.6 is 0 Å². The van der Waals surface area contributed by atoms with E-state index in [1.807, 2.05) is 0 Å². The van der Waals surface area contributed by atoms with E-state index in [4.69, 9.17) is 0 Å². The number of nitrogens with zero attached hydrogens (tertiary/aromatic N) is 3. The zero-order valence-electron chi connectivity index (χ0n) is 14.8. The molecule has 1 aromatic carbocycles. The zero-order valence-corrected chi connectivity index (χ0v) is 14.8. The molecule has 24 heavy (non-hydrogen) atoms. The van der Waals surface area contributed by atoms with Crippen LogP contribution in [-0.4, -0.2) is 40.3 Å². The number of nitrogens with one attached hydrogen (secondary N) is 1. The molecule has 2 atom stereocenters. The van der Waals surface area contributed by atoms with Crippen molar-refractivity contribution in [3.63, 3.8) is 0 Å². The molecule has 0 saturated carbocycles. The SMILES string of the molecule is Cc1ccc(-c2ccc(NC3C4CCN(CC4)C3C)nn2)cc1C. The first-order valence-corrected chi connectivity index (χ1v) is 9.04. The van der Waals surface area contributed by atoms with Crippen LogP contribution in [0.3, 0.4) is 0 Å². The third kappa shape index (κ3) is 2.80. The van der Waals surface area contributed by atoms with E-state index in [0.29, 0.717) is 12.1 Å². The number of piperidine rings is 3. The molecule has 3 saturated heterocycles. The Hall–Kier alpha value is -1.94. The van der Waals surface area contributed by atoms with Gasteiger partial charge in [-0.25, -0.2) is 0 Å². The zero-order chi connectivity index (χ0) is 16.7. The molecular formula is C20H26N4. The number of aromatic nitrogens is 2. The van der Waals surface area contributed by atoms with Gasteiger partial charge in [0, 0.05) is 17.6 Å². The second-order valence-electron chi connectivity index (χ2n) is 7.39. The molecule has 0 spiro atoms. The second kappa shape index (κ2) is 6.17. The van der Waals surface area contributed by atoms with Crippen LogP contribution in [0.4, 0.5) is 5.82 Å². The van der Waals surface area contributed by atoms with Crippen molar-refractivity contribution in [3.05, 3.63) is 41.5 Å². The molecule has 3 aliphatic rings. The summed E-state index contributed by atoms with van der Waals surface area (Å²) in [5.41, 5.74) is 4.66. The highest BCUT2D eigenvalue weighted by Crippen LogP contribution is 2.33. The number of hydrogen-bond donors (Lipinski definition) is 1. The Bertz CT molecular complexity index is 715. The van der Waals surface area contributed by atoms with Crippen molar-refractivity contribution < 1.29 is 0 Å². The van der Waals surface area contributed by atoms with Crippen LogP contribution in [0.1, 0.15) is 30.9 Å². The fraction of sp³-hybridized carbons (Fsp3) is 0.500. The highest BCUT2D eigenvalue weighted by Gasteiger charge is 2.39. The predicted molar refractivity (Wildman–Crippen MR) is 98.1 cm³/mol. The van der Waals surface area contributed by atoms with Gasteiger partial charge in [-0.2, -0.15) is 0 Å². The molecule has 126 valence electrons. The van der Waals surface area contributed by atoms with Gasteiger partial charge in [0.1, 0.15) is 5.82 Å². The van der Waals surface area contributed by atoms with E-state index in [2.05, 4.69) is 71.5 Å². The lowest BCUT2D eigenvalue weighted by Crippen LogP contribution is -2.59. The summed E-state index contributed by atoms with van der Waals surface area (Å²) in [5.74, 6) is 1.67. The lowest BCUT2D eigenvalue weighted by atomic mass is 9.79. The van der Waals surface area contributed by atoms with Crippen LogP contribution < -0.4 is 5.32 Å². The molecule has 4 heterocycles. The molecule has 1 N–H and O–H groups in total. The molecule has 2 bridgehead atoms. The van der Waals surface area contributed by atoms with Crippen molar-refractivity contribution >= 4 is 5.82 Å². The first-order chi connectivity index (χ1) is 11.6.